The van der Waals surface area contributed by atoms with E-state index in [-0.39, 0.29) is 12.1 Å². The van der Waals surface area contributed by atoms with Crippen molar-refractivity contribution in [1.29, 1.82) is 0 Å². The number of carbonyl (C=O) groups is 1. The second-order valence-electron chi connectivity index (χ2n) is 3.87. The quantitative estimate of drug-likeness (QED) is 0.573. The minimum atomic E-state index is -0.291. The van der Waals surface area contributed by atoms with Crippen molar-refractivity contribution in [2.24, 2.45) is 0 Å². The summed E-state index contributed by atoms with van der Waals surface area (Å²) >= 11 is 0. The Labute approximate surface area is 96.9 Å². The molecular weight excluding hydrogens is 200 g/mol. The molecule has 1 aromatic rings. The van der Waals surface area contributed by atoms with Crippen molar-refractivity contribution in [2.45, 2.75) is 33.3 Å². The summed E-state index contributed by atoms with van der Waals surface area (Å²) < 4.78 is 5.02. The Morgan fingerprint density at radius 2 is 2.06 bits per heavy atom. The van der Waals surface area contributed by atoms with Crippen LogP contribution in [0, 0.1) is 0 Å². The van der Waals surface area contributed by atoms with Gasteiger partial charge in [0, 0.05) is 6.08 Å². The molecule has 2 nitrogen and oxygen atoms in total. The van der Waals surface area contributed by atoms with Crippen LogP contribution in [0.1, 0.15) is 31.9 Å². The molecule has 1 aromatic carbocycles. The Morgan fingerprint density at radius 1 is 1.38 bits per heavy atom. The Kier molecular flexibility index (Phi) is 4.77. The van der Waals surface area contributed by atoms with Gasteiger partial charge in [-0.2, -0.15) is 0 Å². The average Bonchev–Trinajstić information content (AvgIpc) is 2.26. The van der Waals surface area contributed by atoms with Gasteiger partial charge in [-0.1, -0.05) is 31.2 Å². The first-order valence-corrected chi connectivity index (χ1v) is 5.60. The molecule has 0 saturated carbocycles. The normalized spacial score (nSPS) is 11.0. The molecule has 0 bridgehead atoms. The number of ether oxygens (including phenoxy) is 1. The highest BCUT2D eigenvalue weighted by Gasteiger charge is 2.01. The lowest BCUT2D eigenvalue weighted by Crippen LogP contribution is -2.08. The number of esters is 1. The van der Waals surface area contributed by atoms with Crippen molar-refractivity contribution in [1.82, 2.24) is 0 Å². The van der Waals surface area contributed by atoms with Gasteiger partial charge < -0.3 is 4.74 Å². The number of aryl methyl sites for hydroxylation is 1. The fraction of sp³-hybridized carbons (Fsp3) is 0.357. The maximum atomic E-state index is 11.3. The largest absolute Gasteiger partial charge is 0.460 e. The maximum Gasteiger partial charge on any atom is 0.331 e. The van der Waals surface area contributed by atoms with Crippen LogP contribution in [-0.2, 0) is 16.0 Å². The predicted octanol–water partition coefficient (Wildman–Crippen LogP) is 3.21. The van der Waals surface area contributed by atoms with Crippen LogP contribution in [0.3, 0.4) is 0 Å². The van der Waals surface area contributed by atoms with Crippen molar-refractivity contribution in [3.8, 4) is 0 Å². The first kappa shape index (κ1) is 12.5. The highest BCUT2D eigenvalue weighted by Crippen LogP contribution is 2.11. The van der Waals surface area contributed by atoms with E-state index in [0.29, 0.717) is 0 Å². The molecule has 0 fully saturated rings. The molecule has 0 N–H and O–H groups in total. The van der Waals surface area contributed by atoms with Crippen LogP contribution in [0.2, 0.25) is 0 Å². The van der Waals surface area contributed by atoms with Gasteiger partial charge in [0.1, 0.15) is 0 Å². The van der Waals surface area contributed by atoms with Gasteiger partial charge in [0.2, 0.25) is 0 Å². The van der Waals surface area contributed by atoms with Crippen molar-refractivity contribution < 1.29 is 9.53 Å². The summed E-state index contributed by atoms with van der Waals surface area (Å²) in [5.74, 6) is -0.291. The van der Waals surface area contributed by atoms with E-state index >= 15 is 0 Å². The van der Waals surface area contributed by atoms with E-state index in [9.17, 15) is 4.79 Å². The molecule has 0 aliphatic heterocycles. The van der Waals surface area contributed by atoms with Gasteiger partial charge in [-0.3, -0.25) is 0 Å². The Balaban J connectivity index is 2.72. The van der Waals surface area contributed by atoms with Crippen LogP contribution in [0.4, 0.5) is 0 Å². The lowest BCUT2D eigenvalue weighted by Gasteiger charge is -2.05. The molecule has 0 aliphatic rings. The Hall–Kier alpha value is -1.57. The maximum absolute atomic E-state index is 11.3. The molecule has 0 saturated heterocycles. The average molecular weight is 218 g/mol. The second kappa shape index (κ2) is 6.11. The van der Waals surface area contributed by atoms with Crippen LogP contribution in [0.5, 0.6) is 0 Å². The minimum Gasteiger partial charge on any atom is -0.460 e. The summed E-state index contributed by atoms with van der Waals surface area (Å²) in [6, 6.07) is 8.03. The lowest BCUT2D eigenvalue weighted by molar-refractivity contribution is -0.141. The molecule has 0 aromatic heterocycles. The summed E-state index contributed by atoms with van der Waals surface area (Å²) in [4.78, 5) is 11.3. The van der Waals surface area contributed by atoms with Gasteiger partial charge in [0.25, 0.3) is 0 Å². The minimum absolute atomic E-state index is 0.0708. The van der Waals surface area contributed by atoms with Crippen LogP contribution >= 0.6 is 0 Å². The standard InChI is InChI=1S/C14H18O2/c1-4-12-7-5-6-8-13(12)9-10-14(15)16-11(2)3/h5-11H,4H2,1-3H3. The zero-order chi connectivity index (χ0) is 12.0. The van der Waals surface area contributed by atoms with Crippen LogP contribution in [0.25, 0.3) is 6.08 Å². The van der Waals surface area contributed by atoms with Crippen molar-refractivity contribution in [3.63, 3.8) is 0 Å². The highest BCUT2D eigenvalue weighted by atomic mass is 16.5. The molecule has 0 radical (unpaired) electrons. The fourth-order valence-electron chi connectivity index (χ4n) is 1.45. The molecule has 1 rings (SSSR count). The third-order valence-electron chi connectivity index (χ3n) is 2.19. The van der Waals surface area contributed by atoms with Gasteiger partial charge in [0.05, 0.1) is 6.10 Å². The van der Waals surface area contributed by atoms with E-state index in [1.54, 1.807) is 0 Å². The molecule has 0 unspecified atom stereocenters. The molecule has 0 spiro atoms. The summed E-state index contributed by atoms with van der Waals surface area (Å²) in [7, 11) is 0. The monoisotopic (exact) mass is 218 g/mol. The van der Waals surface area contributed by atoms with E-state index < -0.39 is 0 Å². The van der Waals surface area contributed by atoms with E-state index in [0.717, 1.165) is 12.0 Å². The van der Waals surface area contributed by atoms with Gasteiger partial charge in [-0.15, -0.1) is 0 Å². The van der Waals surface area contributed by atoms with E-state index in [2.05, 4.69) is 13.0 Å². The van der Waals surface area contributed by atoms with Gasteiger partial charge in [0.15, 0.2) is 0 Å². The van der Waals surface area contributed by atoms with Gasteiger partial charge in [-0.25, -0.2) is 4.79 Å². The van der Waals surface area contributed by atoms with Gasteiger partial charge in [-0.05, 0) is 37.5 Å². The molecule has 0 amide bonds. The molecule has 0 heterocycles. The number of hydrogen-bond donors (Lipinski definition) is 0. The van der Waals surface area contributed by atoms with E-state index in [1.807, 2.05) is 38.1 Å². The number of benzene rings is 1. The van der Waals surface area contributed by atoms with Gasteiger partial charge >= 0.3 is 5.97 Å². The summed E-state index contributed by atoms with van der Waals surface area (Å²) in [5, 5.41) is 0. The number of rotatable bonds is 4. The van der Waals surface area contributed by atoms with E-state index in [4.69, 9.17) is 4.74 Å². The van der Waals surface area contributed by atoms with Crippen LogP contribution in [0.15, 0.2) is 30.3 Å². The molecule has 0 aliphatic carbocycles. The molecule has 16 heavy (non-hydrogen) atoms. The van der Waals surface area contributed by atoms with Crippen LogP contribution < -0.4 is 0 Å². The summed E-state index contributed by atoms with van der Waals surface area (Å²) in [6.07, 6.45) is 4.18. The highest BCUT2D eigenvalue weighted by molar-refractivity contribution is 5.87. The zero-order valence-electron chi connectivity index (χ0n) is 10.1. The number of hydrogen-bond acceptors (Lipinski definition) is 2. The summed E-state index contributed by atoms with van der Waals surface area (Å²) in [6.45, 7) is 5.77. The first-order chi connectivity index (χ1) is 7.63. The Morgan fingerprint density at radius 3 is 2.69 bits per heavy atom. The van der Waals surface area contributed by atoms with Crippen LogP contribution in [-0.4, -0.2) is 12.1 Å². The molecular formula is C14H18O2. The van der Waals surface area contributed by atoms with E-state index in [1.165, 1.54) is 11.6 Å². The topological polar surface area (TPSA) is 26.3 Å². The predicted molar refractivity (Wildman–Crippen MR) is 66.1 cm³/mol. The smallest absolute Gasteiger partial charge is 0.331 e. The van der Waals surface area contributed by atoms with Crippen molar-refractivity contribution in [2.75, 3.05) is 0 Å². The van der Waals surface area contributed by atoms with Crippen molar-refractivity contribution >= 4 is 12.0 Å². The SMILES string of the molecule is CCc1ccccc1C=CC(=O)OC(C)C. The third kappa shape index (κ3) is 3.89. The van der Waals surface area contributed by atoms with Crippen molar-refractivity contribution in [3.05, 3.63) is 41.5 Å². The third-order valence-corrected chi connectivity index (χ3v) is 2.19. The fourth-order valence-corrected chi connectivity index (χ4v) is 1.45. The first-order valence-electron chi connectivity index (χ1n) is 5.60. The molecule has 86 valence electrons. The second-order valence-corrected chi connectivity index (χ2v) is 3.87. The zero-order valence-corrected chi connectivity index (χ0v) is 10.1. The molecule has 2 heteroatoms. The summed E-state index contributed by atoms with van der Waals surface area (Å²) in [5.41, 5.74) is 2.31. The Bertz CT molecular complexity index is 378. The molecule has 0 atom stereocenters. The number of carbonyl (C=O) groups excluding carboxylic acids is 1. The lowest BCUT2D eigenvalue weighted by atomic mass is 10.1.